The van der Waals surface area contributed by atoms with Gasteiger partial charge in [0.15, 0.2) is 5.96 Å². The van der Waals surface area contributed by atoms with Crippen LogP contribution in [0.4, 0.5) is 4.39 Å². The van der Waals surface area contributed by atoms with Crippen molar-refractivity contribution >= 4 is 16.9 Å². The van der Waals surface area contributed by atoms with Gasteiger partial charge in [0.1, 0.15) is 17.2 Å². The van der Waals surface area contributed by atoms with Gasteiger partial charge in [0, 0.05) is 43.2 Å². The van der Waals surface area contributed by atoms with Crippen LogP contribution in [0.3, 0.4) is 0 Å². The van der Waals surface area contributed by atoms with Crippen LogP contribution in [0.5, 0.6) is 0 Å². The molecule has 152 valence electrons. The number of nitrogens with one attached hydrogen (secondary N) is 2. The Morgan fingerprint density at radius 2 is 1.96 bits per heavy atom. The number of furan rings is 1. The fourth-order valence-electron chi connectivity index (χ4n) is 4.64. The molecule has 6 heteroatoms. The highest BCUT2D eigenvalue weighted by Crippen LogP contribution is 2.27. The van der Waals surface area contributed by atoms with Crippen molar-refractivity contribution in [1.29, 1.82) is 0 Å². The summed E-state index contributed by atoms with van der Waals surface area (Å²) in [4.78, 5) is 7.05. The Labute approximate surface area is 166 Å². The Hall–Kier alpha value is -2.08. The van der Waals surface area contributed by atoms with E-state index in [-0.39, 0.29) is 5.82 Å². The first-order chi connectivity index (χ1) is 13.6. The molecule has 1 aromatic heterocycles. The molecule has 1 aliphatic carbocycles. The number of aliphatic imine (C=N–C) groups is 1. The van der Waals surface area contributed by atoms with Crippen molar-refractivity contribution in [3.8, 4) is 0 Å². The number of likely N-dealkylation sites (tertiary alicyclic amines) is 1. The van der Waals surface area contributed by atoms with E-state index >= 15 is 0 Å². The van der Waals surface area contributed by atoms with Crippen molar-refractivity contribution in [2.24, 2.45) is 4.99 Å². The first-order valence-corrected chi connectivity index (χ1v) is 10.5. The molecule has 28 heavy (non-hydrogen) atoms. The number of halogens is 1. The number of nitrogens with zero attached hydrogens (tertiary/aromatic N) is 2. The van der Waals surface area contributed by atoms with Gasteiger partial charge in [0.05, 0.1) is 6.54 Å². The van der Waals surface area contributed by atoms with E-state index in [9.17, 15) is 4.39 Å². The number of aryl methyl sites for hydroxylation is 1. The molecule has 0 atom stereocenters. The van der Waals surface area contributed by atoms with E-state index < -0.39 is 0 Å². The molecule has 1 aliphatic heterocycles. The molecule has 2 fully saturated rings. The van der Waals surface area contributed by atoms with Crippen molar-refractivity contribution in [2.45, 2.75) is 64.1 Å². The normalized spacial score (nSPS) is 20.2. The lowest BCUT2D eigenvalue weighted by atomic mass is 10.0. The van der Waals surface area contributed by atoms with Crippen molar-refractivity contribution in [2.75, 3.05) is 20.1 Å². The summed E-state index contributed by atoms with van der Waals surface area (Å²) in [5, 5.41) is 7.75. The lowest BCUT2D eigenvalue weighted by Gasteiger charge is -2.36. The highest BCUT2D eigenvalue weighted by molar-refractivity contribution is 5.83. The van der Waals surface area contributed by atoms with Gasteiger partial charge in [-0.25, -0.2) is 4.39 Å². The molecular weight excluding hydrogens is 355 g/mol. The van der Waals surface area contributed by atoms with Gasteiger partial charge < -0.3 is 20.0 Å². The van der Waals surface area contributed by atoms with Gasteiger partial charge in [-0.3, -0.25) is 4.99 Å². The summed E-state index contributed by atoms with van der Waals surface area (Å²) in [6.45, 7) is 4.85. The summed E-state index contributed by atoms with van der Waals surface area (Å²) in [5.41, 5.74) is 1.69. The Kier molecular flexibility index (Phi) is 5.85. The minimum absolute atomic E-state index is 0.239. The number of hydrogen-bond acceptors (Lipinski definition) is 3. The molecule has 2 aromatic rings. The number of rotatable bonds is 4. The fraction of sp³-hybridized carbons (Fsp3) is 0.591. The lowest BCUT2D eigenvalue weighted by Crippen LogP contribution is -2.50. The van der Waals surface area contributed by atoms with Crippen LogP contribution in [-0.4, -0.2) is 43.1 Å². The van der Waals surface area contributed by atoms with Crippen molar-refractivity contribution in [3.05, 3.63) is 35.3 Å². The number of hydrogen-bond donors (Lipinski definition) is 2. The second-order valence-electron chi connectivity index (χ2n) is 8.11. The zero-order chi connectivity index (χ0) is 19.5. The minimum Gasteiger partial charge on any atom is -0.459 e. The Bertz CT molecular complexity index is 832. The Morgan fingerprint density at radius 3 is 2.68 bits per heavy atom. The maximum Gasteiger partial charge on any atom is 0.191 e. The number of fused-ring (bicyclic) bond motifs is 1. The fourth-order valence-corrected chi connectivity index (χ4v) is 4.64. The molecule has 0 spiro atoms. The SMILES string of the molecule is CN=C(NCc1oc2ccc(F)cc2c1C)NC1CCN(C2CCCC2)CC1. The third kappa shape index (κ3) is 4.17. The number of guanidine groups is 1. The summed E-state index contributed by atoms with van der Waals surface area (Å²) in [6, 6.07) is 5.92. The smallest absolute Gasteiger partial charge is 0.191 e. The highest BCUT2D eigenvalue weighted by atomic mass is 19.1. The van der Waals surface area contributed by atoms with Crippen molar-refractivity contribution in [3.63, 3.8) is 0 Å². The average Bonchev–Trinajstić information content (AvgIpc) is 3.35. The van der Waals surface area contributed by atoms with Gasteiger partial charge in [0.25, 0.3) is 0 Å². The van der Waals surface area contributed by atoms with Crippen LogP contribution in [0.1, 0.15) is 49.8 Å². The van der Waals surface area contributed by atoms with Crippen molar-refractivity contribution in [1.82, 2.24) is 15.5 Å². The molecule has 1 saturated carbocycles. The molecule has 4 rings (SSSR count). The zero-order valence-electron chi connectivity index (χ0n) is 16.9. The average molecular weight is 387 g/mol. The molecule has 2 aliphatic rings. The maximum atomic E-state index is 13.5. The van der Waals surface area contributed by atoms with Crippen LogP contribution in [0.25, 0.3) is 11.0 Å². The second kappa shape index (κ2) is 8.52. The monoisotopic (exact) mass is 386 g/mol. The maximum absolute atomic E-state index is 13.5. The van der Waals surface area contributed by atoms with Crippen LogP contribution in [0, 0.1) is 12.7 Å². The lowest BCUT2D eigenvalue weighted by molar-refractivity contribution is 0.150. The molecule has 1 aromatic carbocycles. The third-order valence-electron chi connectivity index (χ3n) is 6.35. The highest BCUT2D eigenvalue weighted by Gasteiger charge is 2.27. The van der Waals surface area contributed by atoms with Gasteiger partial charge in [-0.1, -0.05) is 12.8 Å². The first kappa shape index (κ1) is 19.2. The van der Waals surface area contributed by atoms with Gasteiger partial charge in [0.2, 0.25) is 0 Å². The van der Waals surface area contributed by atoms with Crippen LogP contribution in [0.15, 0.2) is 27.6 Å². The first-order valence-electron chi connectivity index (χ1n) is 10.5. The van der Waals surface area contributed by atoms with E-state index in [1.54, 1.807) is 13.1 Å². The zero-order valence-corrected chi connectivity index (χ0v) is 16.9. The van der Waals surface area contributed by atoms with E-state index in [1.807, 2.05) is 6.92 Å². The quantitative estimate of drug-likeness (QED) is 0.617. The third-order valence-corrected chi connectivity index (χ3v) is 6.35. The Balaban J connectivity index is 1.30. The van der Waals surface area contributed by atoms with Crippen LogP contribution < -0.4 is 10.6 Å². The second-order valence-corrected chi connectivity index (χ2v) is 8.11. The van der Waals surface area contributed by atoms with E-state index in [4.69, 9.17) is 4.42 Å². The van der Waals surface area contributed by atoms with E-state index in [0.717, 1.165) is 47.1 Å². The molecule has 0 unspecified atom stereocenters. The van der Waals surface area contributed by atoms with E-state index in [2.05, 4.69) is 20.5 Å². The molecule has 5 nitrogen and oxygen atoms in total. The van der Waals surface area contributed by atoms with Crippen LogP contribution in [0.2, 0.25) is 0 Å². The van der Waals surface area contributed by atoms with Gasteiger partial charge in [-0.15, -0.1) is 0 Å². The number of piperidine rings is 1. The minimum atomic E-state index is -0.239. The van der Waals surface area contributed by atoms with Gasteiger partial charge >= 0.3 is 0 Å². The molecule has 0 radical (unpaired) electrons. The topological polar surface area (TPSA) is 52.8 Å². The van der Waals surface area contributed by atoms with E-state index in [0.29, 0.717) is 12.6 Å². The molecule has 2 N–H and O–H groups in total. The summed E-state index contributed by atoms with van der Waals surface area (Å²) >= 11 is 0. The number of benzene rings is 1. The molecule has 1 saturated heterocycles. The van der Waals surface area contributed by atoms with Crippen LogP contribution >= 0.6 is 0 Å². The van der Waals surface area contributed by atoms with E-state index in [1.165, 1.54) is 50.9 Å². The largest absolute Gasteiger partial charge is 0.459 e. The van der Waals surface area contributed by atoms with Gasteiger partial charge in [-0.2, -0.15) is 0 Å². The summed E-state index contributed by atoms with van der Waals surface area (Å²) in [7, 11) is 1.80. The summed E-state index contributed by atoms with van der Waals surface area (Å²) in [5.74, 6) is 1.38. The predicted molar refractivity (Wildman–Crippen MR) is 111 cm³/mol. The summed E-state index contributed by atoms with van der Waals surface area (Å²) in [6.07, 6.45) is 7.85. The van der Waals surface area contributed by atoms with Crippen molar-refractivity contribution < 1.29 is 8.81 Å². The molecule has 0 amide bonds. The summed E-state index contributed by atoms with van der Waals surface area (Å²) < 4.78 is 19.4. The predicted octanol–water partition coefficient (Wildman–Crippen LogP) is 3.95. The van der Waals surface area contributed by atoms with Gasteiger partial charge in [-0.05, 0) is 50.8 Å². The molecule has 0 bridgehead atoms. The molecular formula is C22H31FN4O. The van der Waals surface area contributed by atoms with Crippen LogP contribution in [-0.2, 0) is 6.54 Å². The molecule has 2 heterocycles. The standard InChI is InChI=1S/C22H31FN4O/c1-15-19-13-16(23)7-8-20(19)28-21(15)14-25-22(24-2)26-17-9-11-27(12-10-17)18-5-3-4-6-18/h7-8,13,17-18H,3-6,9-12,14H2,1-2H3,(H2,24,25,26). The Morgan fingerprint density at radius 1 is 1.21 bits per heavy atom.